The van der Waals surface area contributed by atoms with Crippen molar-refractivity contribution in [3.8, 4) is 5.69 Å². The van der Waals surface area contributed by atoms with Crippen molar-refractivity contribution in [3.05, 3.63) is 54.3 Å². The Morgan fingerprint density at radius 2 is 1.92 bits per heavy atom. The van der Waals surface area contributed by atoms with E-state index in [1.807, 2.05) is 35.0 Å². The number of imidazole rings is 1. The molecule has 0 atom stereocenters. The van der Waals surface area contributed by atoms with Crippen molar-refractivity contribution in [3.63, 3.8) is 0 Å². The number of anilines is 1. The summed E-state index contributed by atoms with van der Waals surface area (Å²) in [7, 11) is 0. The molecular weight excluding hydrogens is 320 g/mol. The summed E-state index contributed by atoms with van der Waals surface area (Å²) in [6.45, 7) is 3.91. The molecule has 2 aromatic rings. The number of β-amino-alcohol motifs (C(OH)–C–C–N with tert-alkyl or cyclic N) is 1. The molecule has 1 aliphatic heterocycles. The molecule has 0 fully saturated rings. The Hall–Kier alpha value is -2.93. The molecule has 1 aliphatic rings. The van der Waals surface area contributed by atoms with Crippen molar-refractivity contribution >= 4 is 17.5 Å². The number of amides is 2. The first-order chi connectivity index (χ1) is 12.0. The number of aromatic nitrogens is 2. The van der Waals surface area contributed by atoms with Gasteiger partial charge in [-0.3, -0.25) is 14.5 Å². The van der Waals surface area contributed by atoms with Gasteiger partial charge in [0, 0.05) is 35.8 Å². The van der Waals surface area contributed by atoms with Crippen molar-refractivity contribution in [2.45, 2.75) is 19.8 Å². The maximum atomic E-state index is 12.1. The minimum absolute atomic E-state index is 0.00308. The summed E-state index contributed by atoms with van der Waals surface area (Å²) in [5.41, 5.74) is 1.88. The summed E-state index contributed by atoms with van der Waals surface area (Å²) in [6, 6.07) is 7.52. The molecule has 0 saturated heterocycles. The number of benzene rings is 1. The van der Waals surface area contributed by atoms with E-state index >= 15 is 0 Å². The number of carbonyl (C=O) groups is 2. The zero-order valence-electron chi connectivity index (χ0n) is 14.1. The quantitative estimate of drug-likeness (QED) is 0.781. The molecule has 2 amide bonds. The van der Waals surface area contributed by atoms with E-state index in [-0.39, 0.29) is 18.8 Å². The Morgan fingerprint density at radius 3 is 2.56 bits per heavy atom. The van der Waals surface area contributed by atoms with Crippen molar-refractivity contribution in [2.24, 2.45) is 0 Å². The molecule has 0 unspecified atom stereocenters. The number of aliphatic hydroxyl groups is 1. The van der Waals surface area contributed by atoms with Crippen LogP contribution in [0.15, 0.2) is 48.4 Å². The molecule has 0 spiro atoms. The monoisotopic (exact) mass is 340 g/mol. The Bertz CT molecular complexity index is 821. The molecule has 2 N–H and O–H groups in total. The van der Waals surface area contributed by atoms with Crippen LogP contribution < -0.4 is 5.32 Å². The summed E-state index contributed by atoms with van der Waals surface area (Å²) in [5.74, 6) is 0.426. The van der Waals surface area contributed by atoms with E-state index in [1.165, 1.54) is 6.08 Å². The third kappa shape index (κ3) is 3.32. The number of imide groups is 1. The Morgan fingerprint density at radius 1 is 1.20 bits per heavy atom. The van der Waals surface area contributed by atoms with Gasteiger partial charge in [0.25, 0.3) is 11.8 Å². The topological polar surface area (TPSA) is 87.5 Å². The zero-order valence-corrected chi connectivity index (χ0v) is 14.1. The van der Waals surface area contributed by atoms with E-state index in [9.17, 15) is 9.59 Å². The molecular formula is C18H20N4O3. The SMILES string of the molecule is CC(C)c1nccn1-c1ccc(NC2=CC(=O)N(CCO)C2=O)cc1. The molecule has 25 heavy (non-hydrogen) atoms. The average molecular weight is 340 g/mol. The molecule has 0 aliphatic carbocycles. The Labute approximate surface area is 145 Å². The van der Waals surface area contributed by atoms with Crippen molar-refractivity contribution < 1.29 is 14.7 Å². The molecule has 0 radical (unpaired) electrons. The Kier molecular flexibility index (Phi) is 4.67. The number of aliphatic hydroxyl groups excluding tert-OH is 1. The predicted octanol–water partition coefficient (Wildman–Crippen LogP) is 1.65. The van der Waals surface area contributed by atoms with Gasteiger partial charge >= 0.3 is 0 Å². The summed E-state index contributed by atoms with van der Waals surface area (Å²) in [5, 5.41) is 11.9. The molecule has 1 aromatic heterocycles. The number of hydrogen-bond donors (Lipinski definition) is 2. The van der Waals surface area contributed by atoms with E-state index < -0.39 is 11.8 Å². The number of carbonyl (C=O) groups excluding carboxylic acids is 2. The summed E-state index contributed by atoms with van der Waals surface area (Å²) in [6.07, 6.45) is 4.93. The van der Waals surface area contributed by atoms with E-state index in [0.29, 0.717) is 11.6 Å². The van der Waals surface area contributed by atoms with Gasteiger partial charge in [0.2, 0.25) is 0 Å². The Balaban J connectivity index is 1.76. The zero-order chi connectivity index (χ0) is 18.0. The van der Waals surface area contributed by atoms with Gasteiger partial charge in [-0.25, -0.2) is 4.98 Å². The van der Waals surface area contributed by atoms with Gasteiger partial charge in [-0.1, -0.05) is 13.8 Å². The standard InChI is InChI=1S/C18H20N4O3/c1-12(2)17-19-7-8-21(17)14-5-3-13(4-6-14)20-15-11-16(24)22(9-10-23)18(15)25/h3-8,11-12,20,23H,9-10H2,1-2H3. The molecule has 3 rings (SSSR count). The van der Waals surface area contributed by atoms with Crippen LogP contribution in [0.1, 0.15) is 25.6 Å². The fourth-order valence-corrected chi connectivity index (χ4v) is 2.73. The van der Waals surface area contributed by atoms with Crippen LogP contribution in [0.2, 0.25) is 0 Å². The van der Waals surface area contributed by atoms with Crippen LogP contribution >= 0.6 is 0 Å². The highest BCUT2D eigenvalue weighted by molar-refractivity contribution is 6.17. The van der Waals surface area contributed by atoms with Gasteiger partial charge in [-0.15, -0.1) is 0 Å². The van der Waals surface area contributed by atoms with Gasteiger partial charge < -0.3 is 15.0 Å². The molecule has 0 bridgehead atoms. The molecule has 7 heteroatoms. The third-order valence-electron chi connectivity index (χ3n) is 3.94. The van der Waals surface area contributed by atoms with Gasteiger partial charge in [-0.2, -0.15) is 0 Å². The lowest BCUT2D eigenvalue weighted by molar-refractivity contribution is -0.137. The van der Waals surface area contributed by atoms with Gasteiger partial charge in [0.05, 0.1) is 13.2 Å². The highest BCUT2D eigenvalue weighted by Crippen LogP contribution is 2.21. The van der Waals surface area contributed by atoms with E-state index in [1.54, 1.807) is 6.20 Å². The van der Waals surface area contributed by atoms with Gasteiger partial charge in [-0.05, 0) is 24.3 Å². The number of rotatable bonds is 6. The van der Waals surface area contributed by atoms with Crippen LogP contribution in [0.25, 0.3) is 5.69 Å². The van der Waals surface area contributed by atoms with E-state index in [2.05, 4.69) is 24.1 Å². The fourth-order valence-electron chi connectivity index (χ4n) is 2.73. The van der Waals surface area contributed by atoms with Crippen LogP contribution in [-0.4, -0.2) is 44.5 Å². The van der Waals surface area contributed by atoms with Crippen molar-refractivity contribution in [1.29, 1.82) is 0 Å². The number of nitrogens with zero attached hydrogens (tertiary/aromatic N) is 3. The summed E-state index contributed by atoms with van der Waals surface area (Å²) < 4.78 is 2.01. The highest BCUT2D eigenvalue weighted by Gasteiger charge is 2.30. The minimum atomic E-state index is -0.431. The van der Waals surface area contributed by atoms with E-state index in [4.69, 9.17) is 5.11 Å². The first-order valence-corrected chi connectivity index (χ1v) is 8.10. The second kappa shape index (κ2) is 6.90. The van der Waals surface area contributed by atoms with Crippen LogP contribution in [0.4, 0.5) is 5.69 Å². The van der Waals surface area contributed by atoms with Crippen LogP contribution in [0.3, 0.4) is 0 Å². The lowest BCUT2D eigenvalue weighted by Crippen LogP contribution is -2.34. The maximum absolute atomic E-state index is 12.1. The van der Waals surface area contributed by atoms with Crippen molar-refractivity contribution in [2.75, 3.05) is 18.5 Å². The van der Waals surface area contributed by atoms with Gasteiger partial charge in [0.15, 0.2) is 0 Å². The molecule has 1 aromatic carbocycles. The van der Waals surface area contributed by atoms with Gasteiger partial charge in [0.1, 0.15) is 11.5 Å². The van der Waals surface area contributed by atoms with Crippen LogP contribution in [0, 0.1) is 0 Å². The largest absolute Gasteiger partial charge is 0.395 e. The molecule has 130 valence electrons. The van der Waals surface area contributed by atoms with Crippen molar-refractivity contribution in [1.82, 2.24) is 14.5 Å². The fraction of sp³-hybridized carbons (Fsp3) is 0.278. The van der Waals surface area contributed by atoms with Crippen LogP contribution in [-0.2, 0) is 9.59 Å². The first-order valence-electron chi connectivity index (χ1n) is 8.10. The molecule has 0 saturated carbocycles. The normalized spacial score (nSPS) is 14.4. The highest BCUT2D eigenvalue weighted by atomic mass is 16.3. The lowest BCUT2D eigenvalue weighted by Gasteiger charge is -2.14. The number of nitrogens with one attached hydrogen (secondary N) is 1. The van der Waals surface area contributed by atoms with E-state index in [0.717, 1.165) is 16.4 Å². The smallest absolute Gasteiger partial charge is 0.277 e. The molecule has 2 heterocycles. The predicted molar refractivity (Wildman–Crippen MR) is 93.2 cm³/mol. The number of hydrogen-bond acceptors (Lipinski definition) is 5. The lowest BCUT2D eigenvalue weighted by atomic mass is 10.2. The second-order valence-corrected chi connectivity index (χ2v) is 6.06. The second-order valence-electron chi connectivity index (χ2n) is 6.06. The van der Waals surface area contributed by atoms with Crippen LogP contribution in [0.5, 0.6) is 0 Å². The average Bonchev–Trinajstić information content (AvgIpc) is 3.17. The first kappa shape index (κ1) is 16.9. The summed E-state index contributed by atoms with van der Waals surface area (Å²) >= 11 is 0. The minimum Gasteiger partial charge on any atom is -0.395 e. The maximum Gasteiger partial charge on any atom is 0.277 e. The molecule has 7 nitrogen and oxygen atoms in total. The summed E-state index contributed by atoms with van der Waals surface area (Å²) in [4.78, 5) is 29.3. The third-order valence-corrected chi connectivity index (χ3v) is 3.94.